The van der Waals surface area contributed by atoms with Crippen LogP contribution < -0.4 is 4.90 Å². The predicted molar refractivity (Wildman–Crippen MR) is 193 cm³/mol. The summed E-state index contributed by atoms with van der Waals surface area (Å²) in [4.78, 5) is 2.53. The minimum Gasteiger partial charge on any atom is -0.343 e. The van der Waals surface area contributed by atoms with Gasteiger partial charge in [-0.25, -0.2) is 0 Å². The van der Waals surface area contributed by atoms with Crippen LogP contribution >= 0.6 is 43.5 Å². The van der Waals surface area contributed by atoms with E-state index in [1.165, 1.54) is 66.8 Å². The van der Waals surface area contributed by atoms with Gasteiger partial charge in [-0.3, -0.25) is 0 Å². The number of fused-ring (bicyclic) bond motifs is 2. The minimum absolute atomic E-state index is 0.0760. The summed E-state index contributed by atoms with van der Waals surface area (Å²) in [6.45, 7) is 16.0. The summed E-state index contributed by atoms with van der Waals surface area (Å²) in [6.07, 6.45) is 17.1. The van der Waals surface area contributed by atoms with Crippen molar-refractivity contribution in [1.29, 1.82) is 0 Å². The zero-order chi connectivity index (χ0) is 30.9. The van der Waals surface area contributed by atoms with Crippen LogP contribution in [0, 0.1) is 0 Å². The minimum atomic E-state index is -0.0760. The van der Waals surface area contributed by atoms with Gasteiger partial charge < -0.3 is 4.90 Å². The van der Waals surface area contributed by atoms with Gasteiger partial charge in [0.05, 0.1) is 15.6 Å². The van der Waals surface area contributed by atoms with E-state index in [1.807, 2.05) is 0 Å². The molecule has 0 bridgehead atoms. The van der Waals surface area contributed by atoms with E-state index in [1.54, 1.807) is 0 Å². The van der Waals surface area contributed by atoms with E-state index in [0.717, 1.165) is 50.2 Å². The highest BCUT2D eigenvalue weighted by Crippen LogP contribution is 2.51. The maximum atomic E-state index is 7.21. The van der Waals surface area contributed by atoms with Crippen LogP contribution in [0.5, 0.6) is 0 Å². The summed E-state index contributed by atoms with van der Waals surface area (Å²) in [6, 6.07) is 13.2. The van der Waals surface area contributed by atoms with Gasteiger partial charge in [0.15, 0.2) is 5.71 Å². The average Bonchev–Trinajstić information content (AvgIpc) is 3.33. The van der Waals surface area contributed by atoms with E-state index < -0.39 is 0 Å². The highest BCUT2D eigenvalue weighted by molar-refractivity contribution is 9.11. The van der Waals surface area contributed by atoms with Crippen LogP contribution in [0.4, 0.5) is 11.4 Å². The van der Waals surface area contributed by atoms with Crippen LogP contribution in [-0.2, 0) is 10.8 Å². The molecule has 0 spiro atoms. The van der Waals surface area contributed by atoms with E-state index >= 15 is 0 Å². The van der Waals surface area contributed by atoms with Crippen molar-refractivity contribution in [2.24, 2.45) is 0 Å². The van der Waals surface area contributed by atoms with Crippen LogP contribution in [0.1, 0.15) is 97.6 Å². The highest BCUT2D eigenvalue weighted by atomic mass is 79.9. The monoisotopic (exact) mass is 723 g/mol. The molecule has 2 aliphatic heterocycles. The van der Waals surface area contributed by atoms with Crippen molar-refractivity contribution in [3.05, 3.63) is 103 Å². The molecule has 228 valence electrons. The Morgan fingerprint density at radius 3 is 2.28 bits per heavy atom. The number of para-hydroxylation sites is 2. The molecule has 0 N–H and O–H groups in total. The average molecular weight is 726 g/mol. The van der Waals surface area contributed by atoms with Crippen molar-refractivity contribution in [2.45, 2.75) is 97.3 Å². The molecule has 0 aromatic heterocycles. The van der Waals surface area contributed by atoms with Crippen molar-refractivity contribution in [3.63, 3.8) is 0 Å². The van der Waals surface area contributed by atoms with Gasteiger partial charge in [0.25, 0.3) is 0 Å². The molecule has 2 nitrogen and oxygen atoms in total. The predicted octanol–water partition coefficient (Wildman–Crippen LogP) is 12.0. The Kier molecular flexibility index (Phi) is 10.0. The molecule has 0 saturated heterocycles. The van der Waals surface area contributed by atoms with E-state index in [2.05, 4.69) is 144 Å². The van der Waals surface area contributed by atoms with Crippen molar-refractivity contribution in [1.82, 2.24) is 0 Å². The fraction of sp³-hybridized carbons (Fsp3) is 0.447. The lowest BCUT2D eigenvalue weighted by molar-refractivity contribution is -0.439. The van der Waals surface area contributed by atoms with Crippen molar-refractivity contribution in [2.75, 3.05) is 18.0 Å². The van der Waals surface area contributed by atoms with E-state index in [-0.39, 0.29) is 10.8 Å². The second-order valence-corrected chi connectivity index (χ2v) is 15.3. The van der Waals surface area contributed by atoms with Gasteiger partial charge in [0, 0.05) is 45.2 Å². The lowest BCUT2D eigenvalue weighted by Crippen LogP contribution is -2.28. The van der Waals surface area contributed by atoms with Crippen LogP contribution in [0.25, 0.3) is 0 Å². The molecule has 0 saturated carbocycles. The number of unbranched alkanes of at least 4 members (excludes halogenated alkanes) is 2. The molecular formula is C38H46Br2ClN2+. The SMILES string of the molecule is CCCCN1/C(=C/C=C2\CCCC(/C=C/C3=[N+](CCCC)c4c(Br)cccc4C3(C)C)=C2Cl)C(C)(C)c2cccc(Br)c21. The van der Waals surface area contributed by atoms with Gasteiger partial charge in [-0.2, -0.15) is 4.58 Å². The van der Waals surface area contributed by atoms with Crippen molar-refractivity contribution < 1.29 is 4.58 Å². The number of hydrogen-bond donors (Lipinski definition) is 0. The number of nitrogens with zero attached hydrogens (tertiary/aromatic N) is 2. The lowest BCUT2D eigenvalue weighted by Gasteiger charge is -2.27. The van der Waals surface area contributed by atoms with Gasteiger partial charge in [0.2, 0.25) is 5.69 Å². The van der Waals surface area contributed by atoms with Gasteiger partial charge >= 0.3 is 0 Å². The third kappa shape index (κ3) is 6.06. The standard InChI is InChI=1S/C38H46Br2ClN2/c1-7-9-24-42-32(37(3,4)28-16-12-18-30(39)35(28)42)22-20-26-14-11-15-27(34(26)41)21-23-33-38(5,6)29-17-13-19-31(40)36(29)43(33)25-10-8-2/h12-13,16-23H,7-11,14-15,24-25H2,1-6H3/q+1. The number of anilines is 1. The van der Waals surface area contributed by atoms with Gasteiger partial charge in [-0.15, -0.1) is 0 Å². The summed E-state index contributed by atoms with van der Waals surface area (Å²) in [5.41, 5.74) is 10.4. The maximum Gasteiger partial charge on any atom is 0.224 e. The molecule has 0 radical (unpaired) electrons. The Hall–Kier alpha value is -1.88. The molecule has 43 heavy (non-hydrogen) atoms. The molecule has 0 atom stereocenters. The van der Waals surface area contributed by atoms with E-state index in [9.17, 15) is 0 Å². The first-order valence-electron chi connectivity index (χ1n) is 16.0. The normalized spacial score (nSPS) is 21.1. The van der Waals surface area contributed by atoms with E-state index in [0.29, 0.717) is 0 Å². The topological polar surface area (TPSA) is 6.25 Å². The van der Waals surface area contributed by atoms with Gasteiger partial charge in [-0.1, -0.05) is 88.6 Å². The largest absolute Gasteiger partial charge is 0.343 e. The lowest BCUT2D eigenvalue weighted by atomic mass is 9.81. The molecular weight excluding hydrogens is 680 g/mol. The molecule has 1 aliphatic carbocycles. The summed E-state index contributed by atoms with van der Waals surface area (Å²) < 4.78 is 4.87. The Balaban J connectivity index is 1.51. The van der Waals surface area contributed by atoms with Crippen LogP contribution in [0.3, 0.4) is 0 Å². The maximum absolute atomic E-state index is 7.21. The summed E-state index contributed by atoms with van der Waals surface area (Å²) in [7, 11) is 0. The quantitative estimate of drug-likeness (QED) is 0.233. The molecule has 5 heteroatoms. The Morgan fingerprint density at radius 2 is 1.56 bits per heavy atom. The van der Waals surface area contributed by atoms with Crippen molar-refractivity contribution in [3.8, 4) is 0 Å². The zero-order valence-electron chi connectivity index (χ0n) is 26.7. The summed E-state index contributed by atoms with van der Waals surface area (Å²) >= 11 is 14.9. The third-order valence-corrected chi connectivity index (χ3v) is 11.3. The smallest absolute Gasteiger partial charge is 0.224 e. The zero-order valence-corrected chi connectivity index (χ0v) is 30.6. The first-order chi connectivity index (χ1) is 20.5. The van der Waals surface area contributed by atoms with Crippen LogP contribution in [0.15, 0.2) is 91.5 Å². The second-order valence-electron chi connectivity index (χ2n) is 13.2. The third-order valence-electron chi connectivity index (χ3n) is 9.53. The van der Waals surface area contributed by atoms with Gasteiger partial charge in [0.1, 0.15) is 6.54 Å². The molecule has 0 unspecified atom stereocenters. The number of benzene rings is 2. The molecule has 2 aromatic carbocycles. The summed E-state index contributed by atoms with van der Waals surface area (Å²) in [5, 5.41) is 0.921. The number of hydrogen-bond acceptors (Lipinski definition) is 1. The fourth-order valence-corrected chi connectivity index (χ4v) is 8.52. The molecule has 3 aliphatic rings. The fourth-order valence-electron chi connectivity index (χ4n) is 7.04. The second kappa shape index (κ2) is 13.2. The molecule has 2 aromatic rings. The number of rotatable bonds is 9. The Bertz CT molecular complexity index is 1550. The molecule has 0 fully saturated rings. The Morgan fingerprint density at radius 1 is 0.860 bits per heavy atom. The number of allylic oxidation sites excluding steroid dienone is 8. The van der Waals surface area contributed by atoms with Crippen LogP contribution in [0.2, 0.25) is 0 Å². The van der Waals surface area contributed by atoms with Crippen LogP contribution in [-0.4, -0.2) is 23.4 Å². The Labute approximate surface area is 281 Å². The van der Waals surface area contributed by atoms with E-state index in [4.69, 9.17) is 11.6 Å². The van der Waals surface area contributed by atoms with Gasteiger partial charge in [-0.05, 0) is 106 Å². The highest BCUT2D eigenvalue weighted by Gasteiger charge is 2.45. The molecule has 5 rings (SSSR count). The number of halogens is 3. The van der Waals surface area contributed by atoms with Crippen molar-refractivity contribution >= 4 is 60.5 Å². The molecule has 2 heterocycles. The first-order valence-corrected chi connectivity index (χ1v) is 18.0. The summed E-state index contributed by atoms with van der Waals surface area (Å²) in [5.74, 6) is 0. The first kappa shape index (κ1) is 32.5. The molecule has 0 amide bonds.